The lowest BCUT2D eigenvalue weighted by Crippen LogP contribution is -2.10. The maximum Gasteiger partial charge on any atom is 0.151 e. The zero-order valence-corrected chi connectivity index (χ0v) is 7.01. The van der Waals surface area contributed by atoms with Crippen molar-refractivity contribution in [2.24, 2.45) is 4.99 Å². The Morgan fingerprint density at radius 2 is 2.38 bits per heavy atom. The smallest absolute Gasteiger partial charge is 0.151 e. The fourth-order valence-electron chi connectivity index (χ4n) is 1.64. The van der Waals surface area contributed by atoms with E-state index in [2.05, 4.69) is 19.5 Å². The summed E-state index contributed by atoms with van der Waals surface area (Å²) >= 11 is 0. The second-order valence-corrected chi connectivity index (χ2v) is 3.02. The number of aromatic nitrogens is 3. The van der Waals surface area contributed by atoms with Gasteiger partial charge in [0.15, 0.2) is 5.82 Å². The molecular weight excluding hydrogens is 164 g/mol. The van der Waals surface area contributed by atoms with Gasteiger partial charge < -0.3 is 4.57 Å². The van der Waals surface area contributed by atoms with E-state index in [1.54, 1.807) is 12.4 Å². The highest BCUT2D eigenvalue weighted by Crippen LogP contribution is 2.15. The maximum atomic E-state index is 4.40. The molecule has 0 saturated carbocycles. The van der Waals surface area contributed by atoms with E-state index in [-0.39, 0.29) is 0 Å². The number of hydrogen-bond donors (Lipinski definition) is 0. The van der Waals surface area contributed by atoms with Crippen molar-refractivity contribution in [3.63, 3.8) is 0 Å². The van der Waals surface area contributed by atoms with Crippen LogP contribution in [0.3, 0.4) is 0 Å². The van der Waals surface area contributed by atoms with Gasteiger partial charge in [0.1, 0.15) is 5.52 Å². The summed E-state index contributed by atoms with van der Waals surface area (Å²) in [5.41, 5.74) is 2.10. The third-order valence-electron chi connectivity index (χ3n) is 2.24. The second-order valence-electron chi connectivity index (χ2n) is 3.02. The Morgan fingerprint density at radius 1 is 1.38 bits per heavy atom. The molecule has 3 rings (SSSR count). The summed E-state index contributed by atoms with van der Waals surface area (Å²) in [6, 6.07) is 1.99. The molecule has 0 fully saturated rings. The molecule has 1 aliphatic heterocycles. The summed E-state index contributed by atoms with van der Waals surface area (Å²) < 4.78 is 2.17. The SMILES string of the molecule is C1=NCCn2c1nc1cnccc12. The van der Waals surface area contributed by atoms with Crippen molar-refractivity contribution in [1.82, 2.24) is 14.5 Å². The van der Waals surface area contributed by atoms with Crippen LogP contribution in [0, 0.1) is 0 Å². The van der Waals surface area contributed by atoms with Crippen LogP contribution in [-0.4, -0.2) is 27.3 Å². The molecule has 64 valence electrons. The van der Waals surface area contributed by atoms with Crippen LogP contribution in [0.25, 0.3) is 11.0 Å². The zero-order chi connectivity index (χ0) is 8.67. The lowest BCUT2D eigenvalue weighted by atomic mass is 10.4. The Hall–Kier alpha value is -1.71. The lowest BCUT2D eigenvalue weighted by Gasteiger charge is -2.07. The topological polar surface area (TPSA) is 43.1 Å². The first-order chi connectivity index (χ1) is 6.45. The number of imidazole rings is 1. The fourth-order valence-corrected chi connectivity index (χ4v) is 1.64. The lowest BCUT2D eigenvalue weighted by molar-refractivity contribution is 0.707. The molecule has 0 saturated heterocycles. The molecule has 0 atom stereocenters. The first kappa shape index (κ1) is 6.77. The molecule has 4 nitrogen and oxygen atoms in total. The van der Waals surface area contributed by atoms with Gasteiger partial charge >= 0.3 is 0 Å². The molecule has 3 heterocycles. The molecule has 0 N–H and O–H groups in total. The Kier molecular flexibility index (Phi) is 1.24. The molecule has 2 aromatic heterocycles. The summed E-state index contributed by atoms with van der Waals surface area (Å²) in [5, 5.41) is 0. The first-order valence-electron chi connectivity index (χ1n) is 4.25. The van der Waals surface area contributed by atoms with Gasteiger partial charge in [0.25, 0.3) is 0 Å². The largest absolute Gasteiger partial charge is 0.321 e. The maximum absolute atomic E-state index is 4.40. The van der Waals surface area contributed by atoms with E-state index in [9.17, 15) is 0 Å². The second kappa shape index (κ2) is 2.39. The van der Waals surface area contributed by atoms with Gasteiger partial charge in [-0.25, -0.2) is 4.98 Å². The van der Waals surface area contributed by atoms with Crippen LogP contribution in [0.2, 0.25) is 0 Å². The first-order valence-corrected chi connectivity index (χ1v) is 4.25. The van der Waals surface area contributed by atoms with Gasteiger partial charge in [0.05, 0.1) is 24.5 Å². The van der Waals surface area contributed by atoms with Crippen molar-refractivity contribution in [2.75, 3.05) is 6.54 Å². The van der Waals surface area contributed by atoms with E-state index in [0.29, 0.717) is 0 Å². The molecule has 0 spiro atoms. The summed E-state index contributed by atoms with van der Waals surface area (Å²) in [7, 11) is 0. The van der Waals surface area contributed by atoms with Gasteiger partial charge in [-0.1, -0.05) is 0 Å². The summed E-state index contributed by atoms with van der Waals surface area (Å²) in [6.07, 6.45) is 5.40. The Balaban J connectivity index is 2.41. The van der Waals surface area contributed by atoms with Crippen LogP contribution >= 0.6 is 0 Å². The third kappa shape index (κ3) is 0.884. The number of fused-ring (bicyclic) bond motifs is 3. The molecule has 13 heavy (non-hydrogen) atoms. The fraction of sp³-hybridized carbons (Fsp3) is 0.222. The predicted molar refractivity (Wildman–Crippen MR) is 50.0 cm³/mol. The van der Waals surface area contributed by atoms with Crippen molar-refractivity contribution in [2.45, 2.75) is 6.54 Å². The van der Waals surface area contributed by atoms with Crippen LogP contribution in [0.4, 0.5) is 0 Å². The third-order valence-corrected chi connectivity index (χ3v) is 2.24. The van der Waals surface area contributed by atoms with Gasteiger partial charge in [-0.3, -0.25) is 9.98 Å². The van der Waals surface area contributed by atoms with Crippen LogP contribution in [-0.2, 0) is 6.54 Å². The van der Waals surface area contributed by atoms with E-state index in [1.165, 1.54) is 0 Å². The van der Waals surface area contributed by atoms with Crippen LogP contribution in [0.5, 0.6) is 0 Å². The predicted octanol–water partition coefficient (Wildman–Crippen LogP) is 0.864. The number of nitrogens with zero attached hydrogens (tertiary/aromatic N) is 4. The molecule has 1 aliphatic rings. The van der Waals surface area contributed by atoms with E-state index in [4.69, 9.17) is 0 Å². The molecule has 0 bridgehead atoms. The number of pyridine rings is 1. The van der Waals surface area contributed by atoms with Gasteiger partial charge in [0.2, 0.25) is 0 Å². The van der Waals surface area contributed by atoms with Crippen LogP contribution in [0.1, 0.15) is 5.82 Å². The molecule has 0 amide bonds. The number of rotatable bonds is 0. The molecule has 2 aromatic rings. The summed E-state index contributed by atoms with van der Waals surface area (Å²) in [5.74, 6) is 0.939. The van der Waals surface area contributed by atoms with Crippen molar-refractivity contribution < 1.29 is 0 Å². The van der Waals surface area contributed by atoms with E-state index in [0.717, 1.165) is 29.9 Å². The molecule has 4 heteroatoms. The van der Waals surface area contributed by atoms with Gasteiger partial charge in [-0.15, -0.1) is 0 Å². The van der Waals surface area contributed by atoms with Gasteiger partial charge in [0, 0.05) is 12.7 Å². The Morgan fingerprint density at radius 3 is 3.38 bits per heavy atom. The monoisotopic (exact) mass is 172 g/mol. The number of hydrogen-bond acceptors (Lipinski definition) is 3. The highest BCUT2D eigenvalue weighted by Gasteiger charge is 2.10. The average molecular weight is 172 g/mol. The summed E-state index contributed by atoms with van der Waals surface area (Å²) in [6.45, 7) is 1.77. The summed E-state index contributed by atoms with van der Waals surface area (Å²) in [4.78, 5) is 12.6. The minimum atomic E-state index is 0.848. The van der Waals surface area contributed by atoms with Gasteiger partial charge in [-0.2, -0.15) is 0 Å². The molecule has 0 aliphatic carbocycles. The normalized spacial score (nSPS) is 14.8. The quantitative estimate of drug-likeness (QED) is 0.591. The molecule has 0 radical (unpaired) electrons. The zero-order valence-electron chi connectivity index (χ0n) is 7.01. The molecule has 0 aromatic carbocycles. The van der Waals surface area contributed by atoms with Crippen molar-refractivity contribution in [3.8, 4) is 0 Å². The Labute approximate surface area is 75.0 Å². The minimum Gasteiger partial charge on any atom is -0.321 e. The van der Waals surface area contributed by atoms with E-state index >= 15 is 0 Å². The van der Waals surface area contributed by atoms with Crippen LogP contribution < -0.4 is 0 Å². The minimum absolute atomic E-state index is 0.848. The highest BCUT2D eigenvalue weighted by molar-refractivity contribution is 5.85. The highest BCUT2D eigenvalue weighted by atomic mass is 15.1. The van der Waals surface area contributed by atoms with Crippen molar-refractivity contribution in [3.05, 3.63) is 24.3 Å². The average Bonchev–Trinajstić information content (AvgIpc) is 2.56. The number of aliphatic imine (C=N–C) groups is 1. The molecular formula is C9H8N4. The Bertz CT molecular complexity index is 483. The van der Waals surface area contributed by atoms with E-state index < -0.39 is 0 Å². The van der Waals surface area contributed by atoms with E-state index in [1.807, 2.05) is 12.3 Å². The van der Waals surface area contributed by atoms with Crippen molar-refractivity contribution in [1.29, 1.82) is 0 Å². The van der Waals surface area contributed by atoms with Crippen LogP contribution in [0.15, 0.2) is 23.5 Å². The van der Waals surface area contributed by atoms with Gasteiger partial charge in [-0.05, 0) is 6.07 Å². The standard InChI is InChI=1S/C9H8N4/c1-2-10-5-7-8(1)13-4-3-11-6-9(13)12-7/h1-2,5-6H,3-4H2. The molecule has 0 unspecified atom stereocenters. The van der Waals surface area contributed by atoms with Crippen molar-refractivity contribution >= 4 is 17.2 Å².